The lowest BCUT2D eigenvalue weighted by Crippen LogP contribution is -2.31. The van der Waals surface area contributed by atoms with Gasteiger partial charge < -0.3 is 9.47 Å². The Hall–Kier alpha value is -0.670. The second kappa shape index (κ2) is 7.62. The number of halogens is 1. The average molecular weight is 354 g/mol. The quantitative estimate of drug-likeness (QED) is 0.561. The summed E-state index contributed by atoms with van der Waals surface area (Å²) in [7, 11) is 1.62. The van der Waals surface area contributed by atoms with E-state index in [9.17, 15) is 9.59 Å². The summed E-state index contributed by atoms with van der Waals surface area (Å²) < 4.78 is 12.1. The summed E-state index contributed by atoms with van der Waals surface area (Å²) in [5.41, 5.74) is -0.726. The molecule has 0 aliphatic rings. The van der Waals surface area contributed by atoms with Crippen LogP contribution < -0.4 is 11.2 Å². The molecule has 0 amide bonds. The maximum atomic E-state index is 11.4. The highest BCUT2D eigenvalue weighted by atomic mass is 127. The van der Waals surface area contributed by atoms with Crippen molar-refractivity contribution in [1.29, 1.82) is 0 Å². The minimum Gasteiger partial charge on any atom is -0.382 e. The largest absolute Gasteiger partial charge is 0.382 e. The van der Waals surface area contributed by atoms with E-state index in [1.54, 1.807) is 13.3 Å². The first-order chi connectivity index (χ1) is 8.15. The van der Waals surface area contributed by atoms with Crippen LogP contribution in [-0.4, -0.2) is 36.5 Å². The summed E-state index contributed by atoms with van der Waals surface area (Å²) >= 11 is 1.89. The van der Waals surface area contributed by atoms with E-state index in [0.717, 1.165) is 0 Å². The Bertz CT molecular complexity index is 454. The molecule has 96 valence electrons. The lowest BCUT2D eigenvalue weighted by molar-refractivity contribution is 0.0679. The van der Waals surface area contributed by atoms with E-state index in [2.05, 4.69) is 4.98 Å². The molecule has 1 aromatic rings. The fourth-order valence-corrected chi connectivity index (χ4v) is 1.70. The van der Waals surface area contributed by atoms with E-state index < -0.39 is 0 Å². The maximum Gasteiger partial charge on any atom is 0.328 e. The summed E-state index contributed by atoms with van der Waals surface area (Å²) in [6.07, 6.45) is 2.27. The van der Waals surface area contributed by atoms with E-state index in [-0.39, 0.29) is 11.2 Å². The van der Waals surface area contributed by atoms with E-state index in [1.807, 2.05) is 22.6 Å². The third kappa shape index (κ3) is 5.00. The molecule has 0 saturated carbocycles. The Balaban J connectivity index is 2.39. The van der Waals surface area contributed by atoms with Crippen molar-refractivity contribution < 1.29 is 9.47 Å². The molecule has 1 rings (SSSR count). The Labute approximate surface area is 112 Å². The van der Waals surface area contributed by atoms with Gasteiger partial charge in [0.1, 0.15) is 0 Å². The Morgan fingerprint density at radius 3 is 2.82 bits per heavy atom. The molecule has 1 heterocycles. The fourth-order valence-electron chi connectivity index (χ4n) is 1.23. The summed E-state index contributed by atoms with van der Waals surface area (Å²) in [6, 6.07) is 0. The number of aromatic amines is 1. The van der Waals surface area contributed by atoms with Crippen molar-refractivity contribution in [3.63, 3.8) is 0 Å². The summed E-state index contributed by atoms with van der Waals surface area (Å²) in [4.78, 5) is 24.8. The molecule has 0 aromatic carbocycles. The van der Waals surface area contributed by atoms with Gasteiger partial charge in [-0.2, -0.15) is 0 Å². The number of rotatable bonds is 7. The van der Waals surface area contributed by atoms with Gasteiger partial charge in [-0.15, -0.1) is 0 Å². The van der Waals surface area contributed by atoms with Crippen molar-refractivity contribution in [3.05, 3.63) is 30.6 Å². The highest BCUT2D eigenvalue weighted by molar-refractivity contribution is 14.1. The standard InChI is InChI=1S/C10H15IN2O4/c1-16-5-6-17-4-2-3-13-7-8(11)9(14)12-10(13)15/h7H,2-6H2,1H3,(H,12,14,15). The molecule has 1 aromatic heterocycles. The molecule has 0 bridgehead atoms. The number of ether oxygens (including phenoxy) is 2. The SMILES string of the molecule is COCCOCCCn1cc(I)c(=O)[nH]c1=O. The van der Waals surface area contributed by atoms with E-state index in [4.69, 9.17) is 9.47 Å². The Morgan fingerprint density at radius 1 is 1.35 bits per heavy atom. The van der Waals surface area contributed by atoms with Crippen LogP contribution in [0.15, 0.2) is 15.8 Å². The van der Waals surface area contributed by atoms with Gasteiger partial charge in [0.05, 0.1) is 16.8 Å². The van der Waals surface area contributed by atoms with Crippen molar-refractivity contribution in [2.24, 2.45) is 0 Å². The summed E-state index contributed by atoms with van der Waals surface area (Å²) in [6.45, 7) is 2.20. The number of H-pyrrole nitrogens is 1. The molecule has 0 fully saturated rings. The molecule has 0 saturated heterocycles. The molecule has 7 heteroatoms. The van der Waals surface area contributed by atoms with Crippen LogP contribution in [0.1, 0.15) is 6.42 Å². The fraction of sp³-hybridized carbons (Fsp3) is 0.600. The van der Waals surface area contributed by atoms with Crippen molar-refractivity contribution in [2.75, 3.05) is 26.9 Å². The molecule has 6 nitrogen and oxygen atoms in total. The van der Waals surface area contributed by atoms with Gasteiger partial charge >= 0.3 is 5.69 Å². The third-order valence-electron chi connectivity index (χ3n) is 2.09. The number of methoxy groups -OCH3 is 1. The third-order valence-corrected chi connectivity index (χ3v) is 2.86. The molecule has 0 unspecified atom stereocenters. The monoisotopic (exact) mass is 354 g/mol. The van der Waals surface area contributed by atoms with Crippen molar-refractivity contribution in [2.45, 2.75) is 13.0 Å². The van der Waals surface area contributed by atoms with Gasteiger partial charge in [-0.25, -0.2) is 4.79 Å². The molecule has 17 heavy (non-hydrogen) atoms. The van der Waals surface area contributed by atoms with Crippen LogP contribution in [0.3, 0.4) is 0 Å². The van der Waals surface area contributed by atoms with Crippen LogP contribution in [0.5, 0.6) is 0 Å². The first kappa shape index (κ1) is 14.4. The molecular formula is C10H15IN2O4. The van der Waals surface area contributed by atoms with Gasteiger partial charge in [0.2, 0.25) is 0 Å². The number of aryl methyl sites for hydroxylation is 1. The summed E-state index contributed by atoms with van der Waals surface area (Å²) in [5.74, 6) is 0. The summed E-state index contributed by atoms with van der Waals surface area (Å²) in [5, 5.41) is 0. The second-order valence-electron chi connectivity index (χ2n) is 3.39. The lowest BCUT2D eigenvalue weighted by atomic mass is 10.4. The Kier molecular flexibility index (Phi) is 6.45. The number of hydrogen-bond donors (Lipinski definition) is 1. The van der Waals surface area contributed by atoms with Crippen LogP contribution in [-0.2, 0) is 16.0 Å². The van der Waals surface area contributed by atoms with Crippen molar-refractivity contribution in [3.8, 4) is 0 Å². The van der Waals surface area contributed by atoms with Crippen molar-refractivity contribution >= 4 is 22.6 Å². The molecule has 0 radical (unpaired) electrons. The first-order valence-corrected chi connectivity index (χ1v) is 6.29. The van der Waals surface area contributed by atoms with Crippen LogP contribution in [0.25, 0.3) is 0 Å². The van der Waals surface area contributed by atoms with Gasteiger partial charge in [-0.05, 0) is 29.0 Å². The van der Waals surface area contributed by atoms with Gasteiger partial charge in [-0.3, -0.25) is 14.3 Å². The molecular weight excluding hydrogens is 339 g/mol. The highest BCUT2D eigenvalue weighted by Crippen LogP contribution is 1.94. The molecule has 0 aliphatic carbocycles. The zero-order valence-electron chi connectivity index (χ0n) is 9.57. The minimum absolute atomic E-state index is 0.344. The van der Waals surface area contributed by atoms with E-state index in [0.29, 0.717) is 36.4 Å². The minimum atomic E-state index is -0.382. The maximum absolute atomic E-state index is 11.4. The molecule has 0 spiro atoms. The number of hydrogen-bond acceptors (Lipinski definition) is 4. The highest BCUT2D eigenvalue weighted by Gasteiger charge is 2.01. The lowest BCUT2D eigenvalue weighted by Gasteiger charge is -2.06. The smallest absolute Gasteiger partial charge is 0.328 e. The molecule has 0 atom stereocenters. The van der Waals surface area contributed by atoms with E-state index >= 15 is 0 Å². The van der Waals surface area contributed by atoms with Crippen LogP contribution >= 0.6 is 22.6 Å². The predicted molar refractivity (Wildman–Crippen MR) is 71.4 cm³/mol. The predicted octanol–water partition coefficient (Wildman–Crippen LogP) is 0.194. The Morgan fingerprint density at radius 2 is 2.12 bits per heavy atom. The number of aromatic nitrogens is 2. The normalized spacial score (nSPS) is 10.7. The zero-order chi connectivity index (χ0) is 12.7. The van der Waals surface area contributed by atoms with Gasteiger partial charge in [0, 0.05) is 26.5 Å². The molecule has 1 N–H and O–H groups in total. The van der Waals surface area contributed by atoms with Crippen LogP contribution in [0, 0.1) is 3.57 Å². The zero-order valence-corrected chi connectivity index (χ0v) is 11.7. The number of nitrogens with one attached hydrogen (secondary N) is 1. The first-order valence-electron chi connectivity index (χ1n) is 5.21. The van der Waals surface area contributed by atoms with Gasteiger partial charge in [-0.1, -0.05) is 0 Å². The van der Waals surface area contributed by atoms with Crippen LogP contribution in [0.2, 0.25) is 0 Å². The molecule has 0 aliphatic heterocycles. The van der Waals surface area contributed by atoms with E-state index in [1.165, 1.54) is 4.57 Å². The van der Waals surface area contributed by atoms with Gasteiger partial charge in [0.15, 0.2) is 0 Å². The number of nitrogens with zero attached hydrogens (tertiary/aromatic N) is 1. The second-order valence-corrected chi connectivity index (χ2v) is 4.55. The van der Waals surface area contributed by atoms with Crippen molar-refractivity contribution in [1.82, 2.24) is 9.55 Å². The topological polar surface area (TPSA) is 73.3 Å². The average Bonchev–Trinajstić information content (AvgIpc) is 2.30. The van der Waals surface area contributed by atoms with Crippen LogP contribution in [0.4, 0.5) is 0 Å². The van der Waals surface area contributed by atoms with Gasteiger partial charge in [0.25, 0.3) is 5.56 Å².